The largest absolute Gasteiger partial charge is 0.435 e. The van der Waals surface area contributed by atoms with Gasteiger partial charge in [0.25, 0.3) is 0 Å². The van der Waals surface area contributed by atoms with Gasteiger partial charge in [-0.2, -0.15) is 0 Å². The van der Waals surface area contributed by atoms with Gasteiger partial charge in [-0.3, -0.25) is 0 Å². The smallest absolute Gasteiger partial charge is 0.227 e. The van der Waals surface area contributed by atoms with Gasteiger partial charge in [-0.05, 0) is 45.8 Å². The molecular formula is C25H14ClNO. The minimum atomic E-state index is 0.638. The molecule has 0 saturated heterocycles. The van der Waals surface area contributed by atoms with Crippen LogP contribution in [0.5, 0.6) is 0 Å². The molecule has 132 valence electrons. The lowest BCUT2D eigenvalue weighted by atomic mass is 9.95. The minimum Gasteiger partial charge on any atom is -0.435 e. The molecule has 0 N–H and O–H groups in total. The van der Waals surface area contributed by atoms with Gasteiger partial charge in [-0.15, -0.1) is 0 Å². The molecule has 0 atom stereocenters. The molecule has 0 spiro atoms. The van der Waals surface area contributed by atoms with E-state index in [1.165, 1.54) is 0 Å². The van der Waals surface area contributed by atoms with Gasteiger partial charge in [0.05, 0.1) is 0 Å². The summed E-state index contributed by atoms with van der Waals surface area (Å²) in [5, 5.41) is 7.47. The predicted octanol–water partition coefficient (Wildman–Crippen LogP) is 7.61. The highest BCUT2D eigenvalue weighted by Crippen LogP contribution is 2.40. The molecule has 0 fully saturated rings. The second-order valence-electron chi connectivity index (χ2n) is 6.96. The van der Waals surface area contributed by atoms with E-state index in [2.05, 4.69) is 36.4 Å². The van der Waals surface area contributed by atoms with Crippen molar-refractivity contribution in [2.45, 2.75) is 0 Å². The monoisotopic (exact) mass is 379 g/mol. The van der Waals surface area contributed by atoms with Crippen molar-refractivity contribution in [1.82, 2.24) is 4.98 Å². The van der Waals surface area contributed by atoms with Crippen LogP contribution in [-0.2, 0) is 0 Å². The van der Waals surface area contributed by atoms with Crippen molar-refractivity contribution in [1.29, 1.82) is 0 Å². The summed E-state index contributed by atoms with van der Waals surface area (Å²) in [5.74, 6) is 0.638. The molecule has 5 aromatic carbocycles. The van der Waals surface area contributed by atoms with Crippen molar-refractivity contribution >= 4 is 55.0 Å². The number of fused-ring (bicyclic) bond motifs is 8. The Hall–Kier alpha value is -3.36. The normalized spacial score (nSPS) is 11.8. The Bertz CT molecular complexity index is 1520. The Labute approximate surface area is 166 Å². The highest BCUT2D eigenvalue weighted by atomic mass is 35.5. The standard InChI is InChI=1S/C25H14ClNO/c26-17-12-10-15-11-13-20-22(21(15)14-17)18-8-4-5-9-19(18)24-23(20)27-25(28-24)16-6-2-1-3-7-16/h1-14H. The molecule has 1 aromatic heterocycles. The third-order valence-corrected chi connectivity index (χ3v) is 5.56. The quantitative estimate of drug-likeness (QED) is 0.275. The first-order valence-electron chi connectivity index (χ1n) is 9.18. The summed E-state index contributed by atoms with van der Waals surface area (Å²) < 4.78 is 6.27. The summed E-state index contributed by atoms with van der Waals surface area (Å²) in [5.41, 5.74) is 2.68. The molecule has 28 heavy (non-hydrogen) atoms. The Balaban J connectivity index is 1.86. The molecular weight excluding hydrogens is 366 g/mol. The van der Waals surface area contributed by atoms with Crippen molar-refractivity contribution in [3.8, 4) is 11.5 Å². The first kappa shape index (κ1) is 15.7. The molecule has 0 radical (unpaired) electrons. The zero-order chi connectivity index (χ0) is 18.7. The second-order valence-corrected chi connectivity index (χ2v) is 7.40. The van der Waals surface area contributed by atoms with E-state index in [-0.39, 0.29) is 0 Å². The van der Waals surface area contributed by atoms with Crippen molar-refractivity contribution < 1.29 is 4.42 Å². The van der Waals surface area contributed by atoms with Gasteiger partial charge in [-0.25, -0.2) is 4.98 Å². The van der Waals surface area contributed by atoms with Gasteiger partial charge >= 0.3 is 0 Å². The number of hydrogen-bond donors (Lipinski definition) is 0. The van der Waals surface area contributed by atoms with Gasteiger partial charge in [0.15, 0.2) is 5.58 Å². The van der Waals surface area contributed by atoms with E-state index in [4.69, 9.17) is 21.0 Å². The highest BCUT2D eigenvalue weighted by Gasteiger charge is 2.17. The van der Waals surface area contributed by atoms with Gasteiger partial charge in [0, 0.05) is 21.4 Å². The van der Waals surface area contributed by atoms with Crippen molar-refractivity contribution in [3.63, 3.8) is 0 Å². The fourth-order valence-electron chi connectivity index (χ4n) is 4.07. The fourth-order valence-corrected chi connectivity index (χ4v) is 4.24. The number of aromatic nitrogens is 1. The van der Waals surface area contributed by atoms with E-state index >= 15 is 0 Å². The lowest BCUT2D eigenvalue weighted by Gasteiger charge is -2.09. The number of hydrogen-bond acceptors (Lipinski definition) is 2. The Morgan fingerprint density at radius 2 is 1.43 bits per heavy atom. The van der Waals surface area contributed by atoms with Crippen LogP contribution in [0.3, 0.4) is 0 Å². The number of rotatable bonds is 1. The van der Waals surface area contributed by atoms with Crippen LogP contribution in [0.4, 0.5) is 0 Å². The number of nitrogens with zero attached hydrogens (tertiary/aromatic N) is 1. The summed E-state index contributed by atoms with van der Waals surface area (Å²) in [4.78, 5) is 4.89. The number of oxazole rings is 1. The maximum atomic E-state index is 6.34. The molecule has 0 unspecified atom stereocenters. The first-order valence-corrected chi connectivity index (χ1v) is 9.56. The Kier molecular flexibility index (Phi) is 3.26. The van der Waals surface area contributed by atoms with Gasteiger partial charge < -0.3 is 4.42 Å². The zero-order valence-electron chi connectivity index (χ0n) is 14.8. The maximum Gasteiger partial charge on any atom is 0.227 e. The van der Waals surface area contributed by atoms with E-state index in [1.54, 1.807) is 0 Å². The highest BCUT2D eigenvalue weighted by molar-refractivity contribution is 6.34. The average molecular weight is 380 g/mol. The Morgan fingerprint density at radius 1 is 0.679 bits per heavy atom. The third-order valence-electron chi connectivity index (χ3n) is 5.33. The van der Waals surface area contributed by atoms with E-state index < -0.39 is 0 Å². The lowest BCUT2D eigenvalue weighted by molar-refractivity contribution is 0.623. The molecule has 6 aromatic rings. The molecule has 0 saturated carbocycles. The molecule has 0 aliphatic rings. The molecule has 1 heterocycles. The van der Waals surface area contributed by atoms with Crippen LogP contribution in [0.1, 0.15) is 0 Å². The predicted molar refractivity (Wildman–Crippen MR) is 117 cm³/mol. The molecule has 0 bridgehead atoms. The molecule has 2 nitrogen and oxygen atoms in total. The van der Waals surface area contributed by atoms with Gasteiger partial charge in [0.2, 0.25) is 5.89 Å². The third kappa shape index (κ3) is 2.19. The zero-order valence-corrected chi connectivity index (χ0v) is 15.6. The summed E-state index contributed by atoms with van der Waals surface area (Å²) in [6.45, 7) is 0. The van der Waals surface area contributed by atoms with Crippen molar-refractivity contribution in [2.75, 3.05) is 0 Å². The van der Waals surface area contributed by atoms with Crippen LogP contribution in [0.15, 0.2) is 89.3 Å². The molecule has 3 heteroatoms. The van der Waals surface area contributed by atoms with Gasteiger partial charge in [0.1, 0.15) is 5.52 Å². The topological polar surface area (TPSA) is 26.0 Å². The van der Waals surface area contributed by atoms with Crippen molar-refractivity contribution in [3.05, 3.63) is 90.0 Å². The molecule has 0 aliphatic carbocycles. The van der Waals surface area contributed by atoms with E-state index in [1.807, 2.05) is 48.5 Å². The summed E-state index contributed by atoms with van der Waals surface area (Å²) in [6, 6.07) is 28.7. The SMILES string of the molecule is Clc1ccc2ccc3c4nc(-c5ccccc5)oc4c4ccccc4c3c2c1. The molecule has 0 amide bonds. The number of benzene rings is 5. The summed E-state index contributed by atoms with van der Waals surface area (Å²) in [6.07, 6.45) is 0. The molecule has 6 rings (SSSR count). The number of halogens is 1. The molecule has 0 aliphatic heterocycles. The van der Waals surface area contributed by atoms with Crippen LogP contribution in [-0.4, -0.2) is 4.98 Å². The van der Waals surface area contributed by atoms with Crippen LogP contribution in [0, 0.1) is 0 Å². The minimum absolute atomic E-state index is 0.638. The van der Waals surface area contributed by atoms with Crippen LogP contribution in [0.25, 0.3) is 54.9 Å². The van der Waals surface area contributed by atoms with E-state index in [0.29, 0.717) is 5.89 Å². The van der Waals surface area contributed by atoms with Gasteiger partial charge in [-0.1, -0.05) is 72.3 Å². The van der Waals surface area contributed by atoms with Crippen LogP contribution >= 0.6 is 11.6 Å². The van der Waals surface area contributed by atoms with E-state index in [9.17, 15) is 0 Å². The van der Waals surface area contributed by atoms with E-state index in [0.717, 1.165) is 54.0 Å². The maximum absolute atomic E-state index is 6.34. The van der Waals surface area contributed by atoms with Crippen LogP contribution < -0.4 is 0 Å². The fraction of sp³-hybridized carbons (Fsp3) is 0. The Morgan fingerprint density at radius 3 is 2.29 bits per heavy atom. The lowest BCUT2D eigenvalue weighted by Crippen LogP contribution is -1.84. The first-order chi connectivity index (χ1) is 13.8. The summed E-state index contributed by atoms with van der Waals surface area (Å²) in [7, 11) is 0. The van der Waals surface area contributed by atoms with Crippen molar-refractivity contribution in [2.24, 2.45) is 0 Å². The second kappa shape index (κ2) is 5.82. The summed E-state index contributed by atoms with van der Waals surface area (Å²) >= 11 is 6.34. The average Bonchev–Trinajstić information content (AvgIpc) is 3.20. The van der Waals surface area contributed by atoms with Crippen LogP contribution in [0.2, 0.25) is 5.02 Å².